The number of nitrogens with zero attached hydrogens (tertiary/aromatic N) is 1. The van der Waals surface area contributed by atoms with Crippen molar-refractivity contribution in [2.24, 2.45) is 5.92 Å². The molecule has 1 aliphatic rings. The van der Waals surface area contributed by atoms with Crippen molar-refractivity contribution in [3.8, 4) is 5.75 Å². The standard InChI is InChI=1S/C26H28N2O4S/c29-26(27-16-19-32-25-12-6-10-22-9-4-5-11-24(22)25)23-13-17-28(18-14-23)33(30,31)20-15-21-7-2-1-3-8-21/h1-12,15,20,23H,13-14,16-19H2,(H,27,29)/b20-15+. The second kappa shape index (κ2) is 10.6. The zero-order valence-corrected chi connectivity index (χ0v) is 19.2. The Labute approximate surface area is 194 Å². The van der Waals surface area contributed by atoms with E-state index >= 15 is 0 Å². The monoisotopic (exact) mass is 464 g/mol. The van der Waals surface area contributed by atoms with Gasteiger partial charge in [-0.25, -0.2) is 8.42 Å². The predicted octanol–water partition coefficient (Wildman–Crippen LogP) is 4.05. The summed E-state index contributed by atoms with van der Waals surface area (Å²) in [4.78, 5) is 12.5. The SMILES string of the molecule is O=C(NCCOc1cccc2ccccc12)C1CCN(S(=O)(=O)/C=C/c2ccccc2)CC1. The second-order valence-electron chi connectivity index (χ2n) is 8.05. The number of rotatable bonds is 8. The van der Waals surface area contributed by atoms with Gasteiger partial charge in [-0.05, 0) is 35.9 Å². The fourth-order valence-corrected chi connectivity index (χ4v) is 5.21. The predicted molar refractivity (Wildman–Crippen MR) is 131 cm³/mol. The van der Waals surface area contributed by atoms with Gasteiger partial charge in [-0.2, -0.15) is 4.31 Å². The lowest BCUT2D eigenvalue weighted by molar-refractivity contribution is -0.126. The summed E-state index contributed by atoms with van der Waals surface area (Å²) in [5.74, 6) is 0.560. The van der Waals surface area contributed by atoms with Crippen LogP contribution in [0.5, 0.6) is 5.75 Å². The van der Waals surface area contributed by atoms with Gasteiger partial charge in [0.05, 0.1) is 6.54 Å². The van der Waals surface area contributed by atoms with E-state index < -0.39 is 10.0 Å². The van der Waals surface area contributed by atoms with Gasteiger partial charge >= 0.3 is 0 Å². The van der Waals surface area contributed by atoms with E-state index in [9.17, 15) is 13.2 Å². The highest BCUT2D eigenvalue weighted by molar-refractivity contribution is 7.92. The summed E-state index contributed by atoms with van der Waals surface area (Å²) < 4.78 is 32.5. The minimum Gasteiger partial charge on any atom is -0.491 e. The van der Waals surface area contributed by atoms with Gasteiger partial charge in [0.1, 0.15) is 12.4 Å². The molecule has 6 nitrogen and oxygen atoms in total. The Bertz CT molecular complexity index is 1210. The zero-order valence-electron chi connectivity index (χ0n) is 18.4. The molecular formula is C26H28N2O4S. The molecule has 0 radical (unpaired) electrons. The molecule has 1 saturated heterocycles. The van der Waals surface area contributed by atoms with Gasteiger partial charge in [-0.1, -0.05) is 66.7 Å². The number of amides is 1. The number of piperidine rings is 1. The number of sulfonamides is 1. The minimum absolute atomic E-state index is 0.0478. The third kappa shape index (κ3) is 6.00. The Hall–Kier alpha value is -3.16. The summed E-state index contributed by atoms with van der Waals surface area (Å²) in [5.41, 5.74) is 0.834. The summed E-state index contributed by atoms with van der Waals surface area (Å²) in [6.45, 7) is 1.45. The summed E-state index contributed by atoms with van der Waals surface area (Å²) >= 11 is 0. The normalized spacial score (nSPS) is 15.6. The molecule has 0 saturated carbocycles. The van der Waals surface area contributed by atoms with E-state index in [4.69, 9.17) is 4.74 Å². The number of ether oxygens (including phenoxy) is 1. The van der Waals surface area contributed by atoms with Crippen LogP contribution in [0.1, 0.15) is 18.4 Å². The first-order chi connectivity index (χ1) is 16.0. The lowest BCUT2D eigenvalue weighted by atomic mass is 9.97. The smallest absolute Gasteiger partial charge is 0.236 e. The first-order valence-corrected chi connectivity index (χ1v) is 12.6. The fraction of sp³-hybridized carbons (Fsp3) is 0.269. The van der Waals surface area contributed by atoms with Crippen LogP contribution in [0.4, 0.5) is 0 Å². The highest BCUT2D eigenvalue weighted by atomic mass is 32.2. The third-order valence-corrected chi connectivity index (χ3v) is 7.39. The quantitative estimate of drug-likeness (QED) is 0.511. The van der Waals surface area contributed by atoms with E-state index in [1.54, 1.807) is 6.08 Å². The highest BCUT2D eigenvalue weighted by Crippen LogP contribution is 2.25. The molecule has 4 rings (SSSR count). The molecule has 0 atom stereocenters. The minimum atomic E-state index is -3.50. The number of nitrogens with one attached hydrogen (secondary N) is 1. The van der Waals surface area contributed by atoms with Gasteiger partial charge in [-0.15, -0.1) is 0 Å². The van der Waals surface area contributed by atoms with Crippen molar-refractivity contribution in [2.45, 2.75) is 12.8 Å². The maximum absolute atomic E-state index is 12.6. The molecule has 3 aromatic carbocycles. The Morgan fingerprint density at radius 3 is 2.45 bits per heavy atom. The number of fused-ring (bicyclic) bond motifs is 1. The van der Waals surface area contributed by atoms with Crippen molar-refractivity contribution < 1.29 is 17.9 Å². The molecule has 1 N–H and O–H groups in total. The number of carbonyl (C=O) groups excluding carboxylic acids is 1. The number of hydrogen-bond donors (Lipinski definition) is 1. The molecule has 33 heavy (non-hydrogen) atoms. The van der Waals surface area contributed by atoms with Gasteiger partial charge < -0.3 is 10.1 Å². The van der Waals surface area contributed by atoms with E-state index in [0.717, 1.165) is 22.1 Å². The molecule has 1 amide bonds. The highest BCUT2D eigenvalue weighted by Gasteiger charge is 2.29. The molecule has 1 heterocycles. The topological polar surface area (TPSA) is 75.7 Å². The van der Waals surface area contributed by atoms with E-state index in [-0.39, 0.29) is 11.8 Å². The summed E-state index contributed by atoms with van der Waals surface area (Å²) in [5, 5.41) is 6.32. The van der Waals surface area contributed by atoms with E-state index in [2.05, 4.69) is 5.32 Å². The Kier molecular flexibility index (Phi) is 7.42. The van der Waals surface area contributed by atoms with Crippen molar-refractivity contribution >= 4 is 32.8 Å². The molecular weight excluding hydrogens is 436 g/mol. The van der Waals surface area contributed by atoms with Crippen molar-refractivity contribution in [1.29, 1.82) is 0 Å². The van der Waals surface area contributed by atoms with Crippen LogP contribution in [0.2, 0.25) is 0 Å². The third-order valence-electron chi connectivity index (χ3n) is 5.83. The maximum Gasteiger partial charge on any atom is 0.236 e. The van der Waals surface area contributed by atoms with E-state index in [1.165, 1.54) is 9.71 Å². The zero-order chi connectivity index (χ0) is 23.1. The van der Waals surface area contributed by atoms with Crippen LogP contribution in [-0.2, 0) is 14.8 Å². The van der Waals surface area contributed by atoms with Crippen LogP contribution >= 0.6 is 0 Å². The molecule has 0 unspecified atom stereocenters. The van der Waals surface area contributed by atoms with E-state index in [0.29, 0.717) is 39.1 Å². The number of benzene rings is 3. The molecule has 0 aliphatic carbocycles. The molecule has 1 fully saturated rings. The molecule has 0 aromatic heterocycles. The van der Waals surface area contributed by atoms with Crippen LogP contribution in [0.3, 0.4) is 0 Å². The van der Waals surface area contributed by atoms with E-state index in [1.807, 2.05) is 72.8 Å². The van der Waals surface area contributed by atoms with Crippen LogP contribution in [-0.4, -0.2) is 44.9 Å². The van der Waals surface area contributed by atoms with Crippen LogP contribution in [0, 0.1) is 5.92 Å². The van der Waals surface area contributed by atoms with Crippen molar-refractivity contribution in [3.63, 3.8) is 0 Å². The Morgan fingerprint density at radius 2 is 1.67 bits per heavy atom. The van der Waals surface area contributed by atoms with Gasteiger partial charge in [0.15, 0.2) is 0 Å². The molecule has 1 aliphatic heterocycles. The fourth-order valence-electron chi connectivity index (χ4n) is 3.99. The molecule has 0 spiro atoms. The first-order valence-electron chi connectivity index (χ1n) is 11.1. The van der Waals surface area contributed by atoms with Gasteiger partial charge in [0.25, 0.3) is 0 Å². The lowest BCUT2D eigenvalue weighted by Gasteiger charge is -2.29. The van der Waals surface area contributed by atoms with Crippen molar-refractivity contribution in [1.82, 2.24) is 9.62 Å². The summed E-state index contributed by atoms with van der Waals surface area (Å²) in [6, 6.07) is 23.2. The van der Waals surface area contributed by atoms with Gasteiger partial charge in [0, 0.05) is 29.8 Å². The molecule has 7 heteroatoms. The van der Waals surface area contributed by atoms with Crippen LogP contribution in [0.15, 0.2) is 78.2 Å². The number of carbonyl (C=O) groups is 1. The Balaban J connectivity index is 1.22. The van der Waals surface area contributed by atoms with Crippen LogP contribution in [0.25, 0.3) is 16.8 Å². The first kappa shape index (κ1) is 23.0. The molecule has 3 aromatic rings. The molecule has 0 bridgehead atoms. The second-order valence-corrected chi connectivity index (χ2v) is 9.87. The van der Waals surface area contributed by atoms with Gasteiger partial charge in [-0.3, -0.25) is 4.79 Å². The lowest BCUT2D eigenvalue weighted by Crippen LogP contribution is -2.43. The van der Waals surface area contributed by atoms with Gasteiger partial charge in [0.2, 0.25) is 15.9 Å². The summed E-state index contributed by atoms with van der Waals surface area (Å²) in [6.07, 6.45) is 2.62. The largest absolute Gasteiger partial charge is 0.491 e. The van der Waals surface area contributed by atoms with Crippen molar-refractivity contribution in [3.05, 3.63) is 83.8 Å². The number of hydrogen-bond acceptors (Lipinski definition) is 4. The average molecular weight is 465 g/mol. The Morgan fingerprint density at radius 1 is 0.970 bits per heavy atom. The molecule has 172 valence electrons. The van der Waals surface area contributed by atoms with Crippen molar-refractivity contribution in [2.75, 3.05) is 26.2 Å². The van der Waals surface area contributed by atoms with Crippen LogP contribution < -0.4 is 10.1 Å². The maximum atomic E-state index is 12.6. The summed E-state index contributed by atoms with van der Waals surface area (Å²) in [7, 11) is -3.50. The average Bonchev–Trinajstić information content (AvgIpc) is 2.86.